The van der Waals surface area contributed by atoms with Gasteiger partial charge in [0.25, 0.3) is 0 Å². The second-order valence-corrected chi connectivity index (χ2v) is 7.46. The summed E-state index contributed by atoms with van der Waals surface area (Å²) in [6.45, 7) is 1.64. The number of halogens is 3. The SMILES string of the molecule is CCSc1cccc(C(F)(F)F)c1S(=O)(=O)OO[PH](=O)OC. The van der Waals surface area contributed by atoms with Crippen LogP contribution in [0.1, 0.15) is 12.5 Å². The molecule has 0 aliphatic carbocycles. The van der Waals surface area contributed by atoms with Crippen LogP contribution in [0.3, 0.4) is 0 Å². The third-order valence-electron chi connectivity index (χ3n) is 2.19. The summed E-state index contributed by atoms with van der Waals surface area (Å²) in [5, 5.41) is 0. The number of benzene rings is 1. The smallest absolute Gasteiger partial charge is 0.312 e. The first-order valence-electron chi connectivity index (χ1n) is 5.65. The molecule has 0 amide bonds. The summed E-state index contributed by atoms with van der Waals surface area (Å²) in [4.78, 5) is -1.24. The third-order valence-corrected chi connectivity index (χ3v) is 5.12. The minimum absolute atomic E-state index is 0.155. The number of thioether (sulfide) groups is 1. The Bertz CT molecular complexity index is 647. The summed E-state index contributed by atoms with van der Waals surface area (Å²) in [7, 11) is -7.27. The van der Waals surface area contributed by atoms with Crippen LogP contribution in [0.5, 0.6) is 0 Å². The highest BCUT2D eigenvalue weighted by Gasteiger charge is 2.39. The van der Waals surface area contributed by atoms with E-state index in [1.807, 2.05) is 0 Å². The zero-order chi connectivity index (χ0) is 17.0. The molecule has 0 aliphatic rings. The molecule has 0 saturated heterocycles. The van der Waals surface area contributed by atoms with Crippen molar-refractivity contribution in [3.05, 3.63) is 23.8 Å². The lowest BCUT2D eigenvalue weighted by Crippen LogP contribution is -2.16. The molecule has 0 bridgehead atoms. The fourth-order valence-corrected chi connectivity index (χ4v) is 4.10. The molecular weight excluding hydrogens is 368 g/mol. The summed E-state index contributed by atoms with van der Waals surface area (Å²) < 4.78 is 86.0. The van der Waals surface area contributed by atoms with Crippen molar-refractivity contribution in [2.75, 3.05) is 12.9 Å². The molecule has 22 heavy (non-hydrogen) atoms. The van der Waals surface area contributed by atoms with Gasteiger partial charge in [0.1, 0.15) is 4.90 Å². The maximum Gasteiger partial charge on any atom is 0.417 e. The largest absolute Gasteiger partial charge is 0.417 e. The van der Waals surface area contributed by atoms with E-state index in [-0.39, 0.29) is 4.90 Å². The molecule has 0 fully saturated rings. The van der Waals surface area contributed by atoms with Gasteiger partial charge in [-0.25, -0.2) is 0 Å². The minimum atomic E-state index is -4.95. The van der Waals surface area contributed by atoms with Crippen molar-refractivity contribution in [1.82, 2.24) is 0 Å². The van der Waals surface area contributed by atoms with Gasteiger partial charge >= 0.3 is 24.5 Å². The molecule has 1 unspecified atom stereocenters. The zero-order valence-corrected chi connectivity index (χ0v) is 14.0. The normalized spacial score (nSPS) is 14.0. The molecular formula is C10H12F3O6PS2. The lowest BCUT2D eigenvalue weighted by atomic mass is 10.2. The number of rotatable bonds is 7. The maximum atomic E-state index is 13.0. The highest BCUT2D eigenvalue weighted by atomic mass is 32.2. The molecule has 1 aromatic carbocycles. The molecule has 1 atom stereocenters. The quantitative estimate of drug-likeness (QED) is 0.310. The van der Waals surface area contributed by atoms with Gasteiger partial charge in [0.05, 0.1) is 5.56 Å². The van der Waals surface area contributed by atoms with Gasteiger partial charge in [-0.15, -0.1) is 16.4 Å². The van der Waals surface area contributed by atoms with Gasteiger partial charge in [-0.05, 0) is 17.9 Å². The van der Waals surface area contributed by atoms with Crippen LogP contribution < -0.4 is 0 Å². The summed E-state index contributed by atoms with van der Waals surface area (Å²) >= 11 is 0.883. The maximum absolute atomic E-state index is 13.0. The first-order valence-corrected chi connectivity index (χ1v) is 9.27. The van der Waals surface area contributed by atoms with E-state index in [1.165, 1.54) is 6.07 Å². The summed E-state index contributed by atoms with van der Waals surface area (Å²) in [6.07, 6.45) is -4.91. The van der Waals surface area contributed by atoms with Crippen LogP contribution in [-0.2, 0) is 34.4 Å². The molecule has 0 radical (unpaired) electrons. The van der Waals surface area contributed by atoms with Crippen LogP contribution in [0.15, 0.2) is 28.0 Å². The molecule has 0 saturated carbocycles. The van der Waals surface area contributed by atoms with Crippen LogP contribution in [-0.4, -0.2) is 21.3 Å². The van der Waals surface area contributed by atoms with E-state index in [0.29, 0.717) is 11.8 Å². The predicted octanol–water partition coefficient (Wildman–Crippen LogP) is 3.49. The Morgan fingerprint density at radius 1 is 1.32 bits per heavy atom. The van der Waals surface area contributed by atoms with E-state index < -0.39 is 35.0 Å². The Labute approximate surface area is 129 Å². The number of hydrogen-bond donors (Lipinski definition) is 0. The summed E-state index contributed by atoms with van der Waals surface area (Å²) in [6, 6.07) is 2.90. The van der Waals surface area contributed by atoms with Gasteiger partial charge < -0.3 is 4.52 Å². The first kappa shape index (κ1) is 19.5. The second kappa shape index (κ2) is 7.80. The summed E-state index contributed by atoms with van der Waals surface area (Å²) in [5.41, 5.74) is -1.40. The Hall–Kier alpha value is -0.580. The van der Waals surface area contributed by atoms with Crippen molar-refractivity contribution in [3.63, 3.8) is 0 Å². The van der Waals surface area contributed by atoms with Crippen molar-refractivity contribution in [1.29, 1.82) is 0 Å². The molecule has 1 aromatic rings. The molecule has 0 heterocycles. The Morgan fingerprint density at radius 2 is 1.95 bits per heavy atom. The molecule has 0 spiro atoms. The molecule has 0 aliphatic heterocycles. The second-order valence-electron chi connectivity index (χ2n) is 3.62. The molecule has 0 aromatic heterocycles. The monoisotopic (exact) mass is 380 g/mol. The average molecular weight is 380 g/mol. The summed E-state index contributed by atoms with van der Waals surface area (Å²) in [5.74, 6) is 0.333. The van der Waals surface area contributed by atoms with Crippen LogP contribution in [0.4, 0.5) is 13.2 Å². The van der Waals surface area contributed by atoms with Crippen molar-refractivity contribution in [2.45, 2.75) is 22.9 Å². The number of alkyl halides is 3. The molecule has 0 N–H and O–H groups in total. The van der Waals surface area contributed by atoms with E-state index in [9.17, 15) is 26.2 Å². The van der Waals surface area contributed by atoms with E-state index in [0.717, 1.165) is 24.9 Å². The first-order chi connectivity index (χ1) is 10.1. The fourth-order valence-electron chi connectivity index (χ4n) is 1.41. The molecule has 6 nitrogen and oxygen atoms in total. The third kappa shape index (κ3) is 4.97. The predicted molar refractivity (Wildman–Crippen MR) is 73.2 cm³/mol. The van der Waals surface area contributed by atoms with Crippen LogP contribution in [0.2, 0.25) is 0 Å². The van der Waals surface area contributed by atoms with Gasteiger partial charge in [-0.2, -0.15) is 21.6 Å². The van der Waals surface area contributed by atoms with Crippen molar-refractivity contribution < 1.29 is 39.7 Å². The highest BCUT2D eigenvalue weighted by molar-refractivity contribution is 8.00. The number of hydrogen-bond acceptors (Lipinski definition) is 7. The van der Waals surface area contributed by atoms with Crippen LogP contribution in [0, 0.1) is 0 Å². The van der Waals surface area contributed by atoms with Crippen molar-refractivity contribution in [2.24, 2.45) is 0 Å². The minimum Gasteiger partial charge on any atom is -0.312 e. The highest BCUT2D eigenvalue weighted by Crippen LogP contribution is 2.40. The van der Waals surface area contributed by atoms with Gasteiger partial charge in [0, 0.05) is 12.0 Å². The van der Waals surface area contributed by atoms with Gasteiger partial charge in [0.2, 0.25) is 0 Å². The van der Waals surface area contributed by atoms with Gasteiger partial charge in [0.15, 0.2) is 0 Å². The van der Waals surface area contributed by atoms with Crippen LogP contribution in [0.25, 0.3) is 0 Å². The average Bonchev–Trinajstić information content (AvgIpc) is 2.44. The van der Waals surface area contributed by atoms with Crippen molar-refractivity contribution >= 4 is 30.1 Å². The topological polar surface area (TPSA) is 78.9 Å². The molecule has 12 heteroatoms. The van der Waals surface area contributed by atoms with Gasteiger partial charge in [-0.3, -0.25) is 4.57 Å². The standard InChI is InChI=1S/C10H12F3O6PS2/c1-3-21-8-6-4-5-7(10(11,12)13)9(8)22(15,16)19-18-20(14)17-2/h4-6,20H,3H2,1-2H3. The van der Waals surface area contributed by atoms with E-state index >= 15 is 0 Å². The fraction of sp³-hybridized carbons (Fsp3) is 0.400. The lowest BCUT2D eigenvalue weighted by molar-refractivity contribution is -0.141. The lowest BCUT2D eigenvalue weighted by Gasteiger charge is -2.15. The Balaban J connectivity index is 3.38. The van der Waals surface area contributed by atoms with Crippen LogP contribution >= 0.6 is 20.0 Å². The Kier molecular flexibility index (Phi) is 6.90. The Morgan fingerprint density at radius 3 is 2.45 bits per heavy atom. The molecule has 126 valence electrons. The van der Waals surface area contributed by atoms with Crippen molar-refractivity contribution in [3.8, 4) is 0 Å². The zero-order valence-electron chi connectivity index (χ0n) is 11.3. The van der Waals surface area contributed by atoms with E-state index in [1.54, 1.807) is 6.92 Å². The van der Waals surface area contributed by atoms with E-state index in [4.69, 9.17) is 0 Å². The molecule has 1 rings (SSSR count). The van der Waals surface area contributed by atoms with E-state index in [2.05, 4.69) is 13.5 Å². The van der Waals surface area contributed by atoms with Gasteiger partial charge in [-0.1, -0.05) is 17.3 Å².